The number of aromatic nitrogens is 2. The largest absolute Gasteiger partial charge is 0.497 e. The molecule has 0 radical (unpaired) electrons. The summed E-state index contributed by atoms with van der Waals surface area (Å²) in [6.45, 7) is 0. The Hall–Kier alpha value is -3.78. The summed E-state index contributed by atoms with van der Waals surface area (Å²) < 4.78 is 5.15. The Bertz CT molecular complexity index is 1200. The van der Waals surface area contributed by atoms with Crippen LogP contribution in [-0.4, -0.2) is 28.9 Å². The summed E-state index contributed by atoms with van der Waals surface area (Å²) in [5.41, 5.74) is 9.16. The summed E-state index contributed by atoms with van der Waals surface area (Å²) in [7, 11) is 1.57. The van der Waals surface area contributed by atoms with Crippen LogP contribution in [0.1, 0.15) is 21.5 Å². The molecule has 1 aromatic heterocycles. The molecule has 4 aromatic rings. The number of hydrogen-bond donors (Lipinski definition) is 3. The average Bonchev–Trinajstić information content (AvgIpc) is 3.25. The van der Waals surface area contributed by atoms with Crippen molar-refractivity contribution in [2.75, 3.05) is 7.11 Å². The molecule has 0 aliphatic rings. The highest BCUT2D eigenvalue weighted by molar-refractivity contribution is 7.98. The lowest BCUT2D eigenvalue weighted by molar-refractivity contribution is -0.121. The number of para-hydroxylation sites is 2. The van der Waals surface area contributed by atoms with Crippen LogP contribution in [0.4, 0.5) is 0 Å². The second-order valence-corrected chi connectivity index (χ2v) is 8.04. The number of carbonyl (C=O) groups is 2. The normalized spacial score (nSPS) is 10.7. The fourth-order valence-corrected chi connectivity index (χ4v) is 3.95. The zero-order valence-electron chi connectivity index (χ0n) is 17.4. The summed E-state index contributed by atoms with van der Waals surface area (Å²) in [6.07, 6.45) is 0.134. The zero-order valence-corrected chi connectivity index (χ0v) is 18.2. The second-order valence-electron chi connectivity index (χ2n) is 7.08. The van der Waals surface area contributed by atoms with Crippen LogP contribution in [0.15, 0.2) is 78.0 Å². The number of rotatable bonds is 7. The first-order valence-electron chi connectivity index (χ1n) is 9.99. The van der Waals surface area contributed by atoms with Gasteiger partial charge in [0.1, 0.15) is 5.75 Å². The van der Waals surface area contributed by atoms with Crippen molar-refractivity contribution in [2.45, 2.75) is 17.3 Å². The molecule has 7 nitrogen and oxygen atoms in total. The number of fused-ring (bicyclic) bond motifs is 1. The van der Waals surface area contributed by atoms with Gasteiger partial charge in [-0.25, -0.2) is 4.98 Å². The molecule has 0 unspecified atom stereocenters. The summed E-state index contributed by atoms with van der Waals surface area (Å²) in [6, 6.07) is 22.4. The van der Waals surface area contributed by atoms with E-state index >= 15 is 0 Å². The number of nitrogens with zero attached hydrogens (tertiary/aromatic N) is 1. The second kappa shape index (κ2) is 10.0. The molecule has 32 heavy (non-hydrogen) atoms. The van der Waals surface area contributed by atoms with E-state index in [0.29, 0.717) is 11.3 Å². The lowest BCUT2D eigenvalue weighted by Crippen LogP contribution is -2.42. The fraction of sp³-hybridized carbons (Fsp3) is 0.125. The van der Waals surface area contributed by atoms with E-state index in [1.807, 2.05) is 54.6 Å². The first-order chi connectivity index (χ1) is 15.6. The summed E-state index contributed by atoms with van der Waals surface area (Å²) >= 11 is 1.60. The lowest BCUT2D eigenvalue weighted by Gasteiger charge is -2.09. The Morgan fingerprint density at radius 2 is 1.78 bits per heavy atom. The van der Waals surface area contributed by atoms with E-state index in [9.17, 15) is 9.59 Å². The molecule has 0 spiro atoms. The van der Waals surface area contributed by atoms with Crippen molar-refractivity contribution in [3.63, 3.8) is 0 Å². The third-order valence-electron chi connectivity index (χ3n) is 4.77. The summed E-state index contributed by atoms with van der Waals surface area (Å²) in [5, 5.41) is 0.853. The molecular formula is C24H22N4O3S. The maximum atomic E-state index is 12.3. The van der Waals surface area contributed by atoms with Crippen molar-refractivity contribution >= 4 is 34.6 Å². The molecule has 3 aromatic carbocycles. The van der Waals surface area contributed by atoms with Gasteiger partial charge in [-0.05, 0) is 47.5 Å². The lowest BCUT2D eigenvalue weighted by atomic mass is 10.1. The van der Waals surface area contributed by atoms with Gasteiger partial charge in [0.2, 0.25) is 5.91 Å². The van der Waals surface area contributed by atoms with Crippen molar-refractivity contribution in [2.24, 2.45) is 0 Å². The van der Waals surface area contributed by atoms with Crippen molar-refractivity contribution in [3.8, 4) is 5.75 Å². The van der Waals surface area contributed by atoms with E-state index in [1.165, 1.54) is 0 Å². The number of ether oxygens (including phenoxy) is 1. The Morgan fingerprint density at radius 1 is 0.969 bits per heavy atom. The van der Waals surface area contributed by atoms with E-state index in [0.717, 1.165) is 33.1 Å². The van der Waals surface area contributed by atoms with Gasteiger partial charge >= 0.3 is 0 Å². The monoisotopic (exact) mass is 446 g/mol. The highest BCUT2D eigenvalue weighted by Crippen LogP contribution is 2.23. The molecule has 0 saturated carbocycles. The van der Waals surface area contributed by atoms with Crippen LogP contribution < -0.4 is 15.6 Å². The number of imidazole rings is 1. The van der Waals surface area contributed by atoms with E-state index in [4.69, 9.17) is 4.74 Å². The van der Waals surface area contributed by atoms with Crippen LogP contribution in [0, 0.1) is 0 Å². The first kappa shape index (κ1) is 21.5. The van der Waals surface area contributed by atoms with Gasteiger partial charge < -0.3 is 9.72 Å². The number of aromatic amines is 1. The maximum Gasteiger partial charge on any atom is 0.269 e. The Morgan fingerprint density at radius 3 is 2.56 bits per heavy atom. The Labute approximate surface area is 189 Å². The molecule has 2 amide bonds. The molecule has 0 aliphatic heterocycles. The van der Waals surface area contributed by atoms with E-state index in [2.05, 4.69) is 20.8 Å². The highest BCUT2D eigenvalue weighted by Gasteiger charge is 2.09. The van der Waals surface area contributed by atoms with Gasteiger partial charge in [0.25, 0.3) is 5.91 Å². The fourth-order valence-electron chi connectivity index (χ4n) is 3.11. The molecule has 0 bridgehead atoms. The Kier molecular flexibility index (Phi) is 6.72. The topological polar surface area (TPSA) is 96.1 Å². The average molecular weight is 447 g/mol. The minimum absolute atomic E-state index is 0.134. The van der Waals surface area contributed by atoms with Crippen LogP contribution in [0.3, 0.4) is 0 Å². The van der Waals surface area contributed by atoms with Gasteiger partial charge in [-0.3, -0.25) is 20.4 Å². The van der Waals surface area contributed by atoms with Crippen LogP contribution in [0.2, 0.25) is 0 Å². The molecule has 0 saturated heterocycles. The number of hydrazine groups is 1. The number of methoxy groups -OCH3 is 1. The number of nitrogens with one attached hydrogen (secondary N) is 3. The first-order valence-corrected chi connectivity index (χ1v) is 11.0. The number of benzene rings is 3. The number of H-pyrrole nitrogens is 1. The highest BCUT2D eigenvalue weighted by atomic mass is 32.2. The van der Waals surface area contributed by atoms with E-state index in [1.54, 1.807) is 37.1 Å². The third kappa shape index (κ3) is 5.47. The molecule has 4 rings (SSSR count). The van der Waals surface area contributed by atoms with Crippen LogP contribution in [0.25, 0.3) is 11.0 Å². The third-order valence-corrected chi connectivity index (χ3v) is 5.72. The Balaban J connectivity index is 1.26. The van der Waals surface area contributed by atoms with Gasteiger partial charge in [0.15, 0.2) is 5.16 Å². The van der Waals surface area contributed by atoms with Gasteiger partial charge in [0.05, 0.1) is 24.6 Å². The number of amides is 2. The summed E-state index contributed by atoms with van der Waals surface area (Å²) in [4.78, 5) is 32.3. The number of thioether (sulfide) groups is 1. The van der Waals surface area contributed by atoms with Gasteiger partial charge in [0, 0.05) is 11.3 Å². The quantitative estimate of drug-likeness (QED) is 0.296. The van der Waals surface area contributed by atoms with Crippen molar-refractivity contribution in [3.05, 3.63) is 89.5 Å². The van der Waals surface area contributed by atoms with Crippen LogP contribution in [0.5, 0.6) is 5.75 Å². The van der Waals surface area contributed by atoms with Gasteiger partial charge in [-0.15, -0.1) is 0 Å². The van der Waals surface area contributed by atoms with E-state index < -0.39 is 0 Å². The summed E-state index contributed by atoms with van der Waals surface area (Å²) in [5.74, 6) is 0.711. The molecule has 0 fully saturated rings. The van der Waals surface area contributed by atoms with Crippen LogP contribution >= 0.6 is 11.8 Å². The number of hydrogen-bond acceptors (Lipinski definition) is 5. The van der Waals surface area contributed by atoms with E-state index in [-0.39, 0.29) is 18.2 Å². The standard InChI is InChI=1S/C24H22N4O3S/c1-31-19-6-4-5-17(13-19)14-22(29)27-28-23(30)18-11-9-16(10-12-18)15-32-24-25-20-7-2-3-8-21(20)26-24/h2-13H,14-15H2,1H3,(H,25,26)(H,27,29)(H,28,30). The molecular weight excluding hydrogens is 424 g/mol. The zero-order chi connectivity index (χ0) is 22.3. The van der Waals surface area contributed by atoms with Crippen LogP contribution in [-0.2, 0) is 17.0 Å². The van der Waals surface area contributed by atoms with Crippen molar-refractivity contribution in [1.29, 1.82) is 0 Å². The molecule has 3 N–H and O–H groups in total. The predicted molar refractivity (Wildman–Crippen MR) is 124 cm³/mol. The number of carbonyl (C=O) groups excluding carboxylic acids is 2. The predicted octanol–water partition coefficient (Wildman–Crippen LogP) is 3.87. The van der Waals surface area contributed by atoms with Gasteiger partial charge in [-0.2, -0.15) is 0 Å². The maximum absolute atomic E-state index is 12.3. The molecule has 162 valence electrons. The van der Waals surface area contributed by atoms with Crippen molar-refractivity contribution < 1.29 is 14.3 Å². The molecule has 0 atom stereocenters. The van der Waals surface area contributed by atoms with Crippen molar-refractivity contribution in [1.82, 2.24) is 20.8 Å². The van der Waals surface area contributed by atoms with Gasteiger partial charge in [-0.1, -0.05) is 48.2 Å². The molecule has 8 heteroatoms. The SMILES string of the molecule is COc1cccc(CC(=O)NNC(=O)c2ccc(CSc3nc4ccccc4[nH]3)cc2)c1. The minimum Gasteiger partial charge on any atom is -0.497 e. The minimum atomic E-state index is -0.375. The molecule has 1 heterocycles. The smallest absolute Gasteiger partial charge is 0.269 e. The molecule has 0 aliphatic carbocycles.